The second-order valence-electron chi connectivity index (χ2n) is 3.51. The Morgan fingerprint density at radius 1 is 1.57 bits per heavy atom. The Kier molecular flexibility index (Phi) is 3.21. The number of hydrogen-bond acceptors (Lipinski definition) is 2. The second kappa shape index (κ2) is 4.43. The summed E-state index contributed by atoms with van der Waals surface area (Å²) in [6, 6.07) is 6.43. The van der Waals surface area contributed by atoms with E-state index in [1.54, 1.807) is 0 Å². The van der Waals surface area contributed by atoms with Gasteiger partial charge in [-0.15, -0.1) is 0 Å². The van der Waals surface area contributed by atoms with Gasteiger partial charge in [-0.3, -0.25) is 0 Å². The molecule has 1 unspecified atom stereocenters. The van der Waals surface area contributed by atoms with Gasteiger partial charge in [0.05, 0.1) is 12.7 Å². The van der Waals surface area contributed by atoms with E-state index < -0.39 is 0 Å². The Balaban J connectivity index is 2.30. The summed E-state index contributed by atoms with van der Waals surface area (Å²) in [6.07, 6.45) is 1.24. The SMILES string of the molecule is CNCC1OCCc2cc(Br)ccc21. The quantitative estimate of drug-likeness (QED) is 0.876. The van der Waals surface area contributed by atoms with Crippen LogP contribution in [0.4, 0.5) is 0 Å². The number of fused-ring (bicyclic) bond motifs is 1. The van der Waals surface area contributed by atoms with Crippen LogP contribution in [0, 0.1) is 0 Å². The smallest absolute Gasteiger partial charge is 0.0951 e. The summed E-state index contributed by atoms with van der Waals surface area (Å²) in [4.78, 5) is 0. The zero-order valence-electron chi connectivity index (χ0n) is 8.22. The molecule has 3 heteroatoms. The molecule has 0 radical (unpaired) electrons. The number of ether oxygens (including phenoxy) is 1. The minimum atomic E-state index is 0.219. The van der Waals surface area contributed by atoms with Crippen LogP contribution < -0.4 is 5.32 Å². The lowest BCUT2D eigenvalue weighted by atomic mass is 9.98. The van der Waals surface area contributed by atoms with Crippen molar-refractivity contribution in [2.75, 3.05) is 20.2 Å². The first-order chi connectivity index (χ1) is 6.81. The zero-order valence-corrected chi connectivity index (χ0v) is 9.80. The summed E-state index contributed by atoms with van der Waals surface area (Å²) >= 11 is 3.49. The molecule has 1 heterocycles. The van der Waals surface area contributed by atoms with E-state index in [-0.39, 0.29) is 6.10 Å². The zero-order chi connectivity index (χ0) is 9.97. The van der Waals surface area contributed by atoms with Crippen LogP contribution in [0.15, 0.2) is 22.7 Å². The molecular weight excluding hydrogens is 242 g/mol. The third-order valence-electron chi connectivity index (χ3n) is 2.53. The number of hydrogen-bond donors (Lipinski definition) is 1. The first-order valence-electron chi connectivity index (χ1n) is 4.86. The maximum atomic E-state index is 5.71. The molecule has 0 saturated heterocycles. The lowest BCUT2D eigenvalue weighted by molar-refractivity contribution is 0.0438. The standard InChI is InChI=1S/C11H14BrNO/c1-13-7-11-10-3-2-9(12)6-8(10)4-5-14-11/h2-3,6,11,13H,4-5,7H2,1H3. The van der Waals surface area contributed by atoms with Crippen LogP contribution in [-0.2, 0) is 11.2 Å². The molecule has 1 aliphatic heterocycles. The summed E-state index contributed by atoms with van der Waals surface area (Å²) in [5.41, 5.74) is 2.74. The highest BCUT2D eigenvalue weighted by atomic mass is 79.9. The van der Waals surface area contributed by atoms with Gasteiger partial charge in [0.15, 0.2) is 0 Å². The number of benzene rings is 1. The number of halogens is 1. The summed E-state index contributed by atoms with van der Waals surface area (Å²) in [5, 5.41) is 3.16. The van der Waals surface area contributed by atoms with Crippen LogP contribution in [0.2, 0.25) is 0 Å². The van der Waals surface area contributed by atoms with Crippen molar-refractivity contribution in [3.63, 3.8) is 0 Å². The number of nitrogens with one attached hydrogen (secondary N) is 1. The molecular formula is C11H14BrNO. The van der Waals surface area contributed by atoms with E-state index in [9.17, 15) is 0 Å². The van der Waals surface area contributed by atoms with E-state index in [1.807, 2.05) is 7.05 Å². The first kappa shape index (κ1) is 10.1. The fourth-order valence-corrected chi connectivity index (χ4v) is 2.27. The highest BCUT2D eigenvalue weighted by Gasteiger charge is 2.19. The van der Waals surface area contributed by atoms with Crippen LogP contribution >= 0.6 is 15.9 Å². The van der Waals surface area contributed by atoms with Crippen LogP contribution in [0.25, 0.3) is 0 Å². The van der Waals surface area contributed by atoms with Crippen LogP contribution in [0.3, 0.4) is 0 Å². The Hall–Kier alpha value is -0.380. The summed E-state index contributed by atoms with van der Waals surface area (Å²) in [5.74, 6) is 0. The minimum absolute atomic E-state index is 0.219. The summed E-state index contributed by atoms with van der Waals surface area (Å²) < 4.78 is 6.86. The van der Waals surface area contributed by atoms with Crippen molar-refractivity contribution in [2.45, 2.75) is 12.5 Å². The molecule has 2 rings (SSSR count). The number of likely N-dealkylation sites (N-methyl/N-ethyl adjacent to an activating group) is 1. The molecule has 1 aromatic rings. The predicted molar refractivity (Wildman–Crippen MR) is 60.5 cm³/mol. The lowest BCUT2D eigenvalue weighted by Gasteiger charge is -2.26. The third kappa shape index (κ3) is 2.00. The van der Waals surface area contributed by atoms with E-state index in [4.69, 9.17) is 4.74 Å². The molecule has 1 N–H and O–H groups in total. The molecule has 1 aliphatic rings. The molecule has 0 bridgehead atoms. The van der Waals surface area contributed by atoms with Crippen molar-refractivity contribution < 1.29 is 4.74 Å². The van der Waals surface area contributed by atoms with Gasteiger partial charge in [-0.2, -0.15) is 0 Å². The summed E-state index contributed by atoms with van der Waals surface area (Å²) in [7, 11) is 1.95. The molecule has 2 nitrogen and oxygen atoms in total. The van der Waals surface area contributed by atoms with Crippen molar-refractivity contribution in [2.24, 2.45) is 0 Å². The van der Waals surface area contributed by atoms with E-state index in [2.05, 4.69) is 39.4 Å². The maximum absolute atomic E-state index is 5.71. The van der Waals surface area contributed by atoms with Gasteiger partial charge in [-0.05, 0) is 36.7 Å². The minimum Gasteiger partial charge on any atom is -0.372 e. The van der Waals surface area contributed by atoms with E-state index in [0.717, 1.165) is 24.0 Å². The molecule has 0 amide bonds. The van der Waals surface area contributed by atoms with E-state index >= 15 is 0 Å². The topological polar surface area (TPSA) is 21.3 Å². The van der Waals surface area contributed by atoms with Gasteiger partial charge < -0.3 is 10.1 Å². The maximum Gasteiger partial charge on any atom is 0.0951 e. The van der Waals surface area contributed by atoms with E-state index in [1.165, 1.54) is 11.1 Å². The fraction of sp³-hybridized carbons (Fsp3) is 0.455. The van der Waals surface area contributed by atoms with Crippen LogP contribution in [0.5, 0.6) is 0 Å². The molecule has 76 valence electrons. The largest absolute Gasteiger partial charge is 0.372 e. The van der Waals surface area contributed by atoms with Gasteiger partial charge in [0.1, 0.15) is 0 Å². The lowest BCUT2D eigenvalue weighted by Crippen LogP contribution is -2.25. The highest BCUT2D eigenvalue weighted by molar-refractivity contribution is 9.10. The highest BCUT2D eigenvalue weighted by Crippen LogP contribution is 2.28. The van der Waals surface area contributed by atoms with Crippen molar-refractivity contribution in [3.8, 4) is 0 Å². The van der Waals surface area contributed by atoms with Crippen LogP contribution in [0.1, 0.15) is 17.2 Å². The third-order valence-corrected chi connectivity index (χ3v) is 3.03. The normalized spacial score (nSPS) is 20.6. The van der Waals surface area contributed by atoms with Gasteiger partial charge in [-0.1, -0.05) is 22.0 Å². The molecule has 0 saturated carbocycles. The predicted octanol–water partition coefficient (Wildman–Crippen LogP) is 2.28. The van der Waals surface area contributed by atoms with E-state index in [0.29, 0.717) is 0 Å². The molecule has 0 fully saturated rings. The van der Waals surface area contributed by atoms with Crippen LogP contribution in [-0.4, -0.2) is 20.2 Å². The molecule has 0 spiro atoms. The van der Waals surface area contributed by atoms with Crippen molar-refractivity contribution >= 4 is 15.9 Å². The Morgan fingerprint density at radius 3 is 3.21 bits per heavy atom. The molecule has 1 aromatic carbocycles. The second-order valence-corrected chi connectivity index (χ2v) is 4.43. The van der Waals surface area contributed by atoms with Gasteiger partial charge in [0.25, 0.3) is 0 Å². The van der Waals surface area contributed by atoms with Gasteiger partial charge in [0.2, 0.25) is 0 Å². The Morgan fingerprint density at radius 2 is 2.43 bits per heavy atom. The number of rotatable bonds is 2. The van der Waals surface area contributed by atoms with Gasteiger partial charge in [-0.25, -0.2) is 0 Å². The first-order valence-corrected chi connectivity index (χ1v) is 5.65. The molecule has 0 aromatic heterocycles. The van der Waals surface area contributed by atoms with Crippen molar-refractivity contribution in [1.29, 1.82) is 0 Å². The molecule has 1 atom stereocenters. The average molecular weight is 256 g/mol. The molecule has 14 heavy (non-hydrogen) atoms. The molecule has 0 aliphatic carbocycles. The van der Waals surface area contributed by atoms with Gasteiger partial charge >= 0.3 is 0 Å². The van der Waals surface area contributed by atoms with Gasteiger partial charge in [0, 0.05) is 11.0 Å². The summed E-state index contributed by atoms with van der Waals surface area (Å²) in [6.45, 7) is 1.71. The Bertz CT molecular complexity index is 327. The fourth-order valence-electron chi connectivity index (χ4n) is 1.86. The van der Waals surface area contributed by atoms with Crippen molar-refractivity contribution in [1.82, 2.24) is 5.32 Å². The average Bonchev–Trinajstić information content (AvgIpc) is 2.18. The monoisotopic (exact) mass is 255 g/mol. The Labute approximate surface area is 92.8 Å². The van der Waals surface area contributed by atoms with Crippen molar-refractivity contribution in [3.05, 3.63) is 33.8 Å².